The maximum Gasteiger partial charge on any atom is 0.255 e. The van der Waals surface area contributed by atoms with E-state index in [1.165, 1.54) is 5.56 Å². The van der Waals surface area contributed by atoms with Gasteiger partial charge in [0.25, 0.3) is 5.91 Å². The van der Waals surface area contributed by atoms with Gasteiger partial charge in [0.2, 0.25) is 0 Å². The maximum atomic E-state index is 12.6. The van der Waals surface area contributed by atoms with Crippen molar-refractivity contribution in [3.63, 3.8) is 0 Å². The molecule has 0 saturated carbocycles. The van der Waals surface area contributed by atoms with Gasteiger partial charge in [-0.25, -0.2) is 0 Å². The zero-order valence-corrected chi connectivity index (χ0v) is 16.4. The lowest BCUT2D eigenvalue weighted by atomic mass is 10.1. The van der Waals surface area contributed by atoms with Crippen LogP contribution in [0.25, 0.3) is 16.7 Å². The van der Waals surface area contributed by atoms with Crippen LogP contribution in [0.1, 0.15) is 28.4 Å². The van der Waals surface area contributed by atoms with Crippen LogP contribution in [-0.2, 0) is 6.42 Å². The summed E-state index contributed by atoms with van der Waals surface area (Å²) in [6, 6.07) is 18.7. The second kappa shape index (κ2) is 7.44. The number of rotatable bonds is 4. The van der Waals surface area contributed by atoms with Crippen LogP contribution < -0.4 is 5.32 Å². The summed E-state index contributed by atoms with van der Waals surface area (Å²) in [4.78, 5) is 14.2. The Hall–Kier alpha value is -3.18. The van der Waals surface area contributed by atoms with Crippen molar-refractivity contribution in [2.45, 2.75) is 20.3 Å². The van der Waals surface area contributed by atoms with Crippen LogP contribution in [0.5, 0.6) is 0 Å². The Kier molecular flexibility index (Phi) is 4.84. The van der Waals surface area contributed by atoms with Crippen molar-refractivity contribution in [1.29, 1.82) is 0 Å². The number of hydrogen-bond acceptors (Lipinski definition) is 3. The zero-order valence-electron chi connectivity index (χ0n) is 15.6. The van der Waals surface area contributed by atoms with Gasteiger partial charge in [0, 0.05) is 16.3 Å². The van der Waals surface area contributed by atoms with Gasteiger partial charge in [-0.15, -0.1) is 10.2 Å². The van der Waals surface area contributed by atoms with E-state index >= 15 is 0 Å². The van der Waals surface area contributed by atoms with Gasteiger partial charge in [0.15, 0.2) is 0 Å². The fraction of sp³-hybridized carbons (Fsp3) is 0.136. The summed E-state index contributed by atoms with van der Waals surface area (Å²) >= 11 is 5.94. The van der Waals surface area contributed by atoms with E-state index in [4.69, 9.17) is 11.6 Å². The Morgan fingerprint density at radius 2 is 1.64 bits per heavy atom. The monoisotopic (exact) mass is 390 g/mol. The number of halogens is 1. The van der Waals surface area contributed by atoms with E-state index in [9.17, 15) is 4.79 Å². The van der Waals surface area contributed by atoms with E-state index in [1.807, 2.05) is 55.5 Å². The lowest BCUT2D eigenvalue weighted by Gasteiger charge is -2.08. The van der Waals surface area contributed by atoms with E-state index in [0.29, 0.717) is 16.1 Å². The van der Waals surface area contributed by atoms with Crippen molar-refractivity contribution < 1.29 is 4.79 Å². The molecule has 1 amide bonds. The van der Waals surface area contributed by atoms with Crippen LogP contribution in [0, 0.1) is 6.92 Å². The van der Waals surface area contributed by atoms with Gasteiger partial charge < -0.3 is 5.32 Å². The Labute approximate surface area is 167 Å². The van der Waals surface area contributed by atoms with Crippen molar-refractivity contribution in [2.75, 3.05) is 5.32 Å². The maximum absolute atomic E-state index is 12.6. The second-order valence-electron chi connectivity index (χ2n) is 6.63. The molecule has 0 aliphatic rings. The summed E-state index contributed by atoms with van der Waals surface area (Å²) in [6.07, 6.45) is 0.945. The predicted molar refractivity (Wildman–Crippen MR) is 112 cm³/mol. The minimum atomic E-state index is -0.143. The van der Waals surface area contributed by atoms with Gasteiger partial charge in [-0.3, -0.25) is 4.79 Å². The molecular formula is C22H19ClN4O. The number of anilines is 1. The molecule has 1 heterocycles. The zero-order chi connectivity index (χ0) is 19.7. The van der Waals surface area contributed by atoms with Crippen molar-refractivity contribution >= 4 is 34.2 Å². The first kappa shape index (κ1) is 18.2. The number of aromatic nitrogens is 3. The lowest BCUT2D eigenvalue weighted by molar-refractivity contribution is 0.102. The molecule has 140 valence electrons. The molecule has 0 bridgehead atoms. The minimum absolute atomic E-state index is 0.143. The summed E-state index contributed by atoms with van der Waals surface area (Å²) in [5.74, 6) is -0.143. The fourth-order valence-corrected chi connectivity index (χ4v) is 3.10. The first-order chi connectivity index (χ1) is 13.5. The third kappa shape index (κ3) is 3.62. The molecule has 0 unspecified atom stereocenters. The third-order valence-electron chi connectivity index (χ3n) is 4.66. The van der Waals surface area contributed by atoms with Gasteiger partial charge >= 0.3 is 0 Å². The second-order valence-corrected chi connectivity index (χ2v) is 7.06. The van der Waals surface area contributed by atoms with Crippen LogP contribution in [0.15, 0.2) is 60.7 Å². The van der Waals surface area contributed by atoms with Gasteiger partial charge in [0.1, 0.15) is 11.0 Å². The standard InChI is InChI=1S/C22H19ClN4O/c1-3-15-4-6-16(7-5-15)22(28)24-19-13-21-20(12-14(19)2)25-27(26-21)18-10-8-17(23)9-11-18/h4-13H,3H2,1-2H3,(H,24,28). The summed E-state index contributed by atoms with van der Waals surface area (Å²) in [5, 5.41) is 12.7. The molecule has 0 aliphatic heterocycles. The smallest absolute Gasteiger partial charge is 0.255 e. The van der Waals surface area contributed by atoms with Crippen molar-refractivity contribution in [1.82, 2.24) is 15.0 Å². The molecule has 0 aliphatic carbocycles. The number of hydrogen-bond donors (Lipinski definition) is 1. The molecule has 3 aromatic carbocycles. The van der Waals surface area contributed by atoms with Crippen LogP contribution in [0.4, 0.5) is 5.69 Å². The number of nitrogens with one attached hydrogen (secondary N) is 1. The molecule has 6 heteroatoms. The molecule has 0 saturated heterocycles. The largest absolute Gasteiger partial charge is 0.322 e. The molecule has 5 nitrogen and oxygen atoms in total. The van der Waals surface area contributed by atoms with Crippen molar-refractivity contribution in [3.8, 4) is 5.69 Å². The number of amides is 1. The average Bonchev–Trinajstić information content (AvgIpc) is 3.11. The third-order valence-corrected chi connectivity index (χ3v) is 4.91. The highest BCUT2D eigenvalue weighted by Crippen LogP contribution is 2.23. The number of carbonyl (C=O) groups is 1. The van der Waals surface area contributed by atoms with Crippen LogP contribution in [0.3, 0.4) is 0 Å². The van der Waals surface area contributed by atoms with Gasteiger partial charge in [-0.2, -0.15) is 4.80 Å². The SMILES string of the molecule is CCc1ccc(C(=O)Nc2cc3nn(-c4ccc(Cl)cc4)nc3cc2C)cc1. The Balaban J connectivity index is 1.62. The minimum Gasteiger partial charge on any atom is -0.322 e. The number of fused-ring (bicyclic) bond motifs is 1. The first-order valence-electron chi connectivity index (χ1n) is 9.07. The average molecular weight is 391 g/mol. The van der Waals surface area contributed by atoms with Crippen molar-refractivity contribution in [3.05, 3.63) is 82.4 Å². The summed E-state index contributed by atoms with van der Waals surface area (Å²) < 4.78 is 0. The molecule has 4 aromatic rings. The van der Waals surface area contributed by atoms with E-state index in [1.54, 1.807) is 16.9 Å². The highest BCUT2D eigenvalue weighted by atomic mass is 35.5. The summed E-state index contributed by atoms with van der Waals surface area (Å²) in [7, 11) is 0. The lowest BCUT2D eigenvalue weighted by Crippen LogP contribution is -2.12. The molecule has 28 heavy (non-hydrogen) atoms. The fourth-order valence-electron chi connectivity index (χ4n) is 2.98. The molecular weight excluding hydrogens is 372 g/mol. The summed E-state index contributed by atoms with van der Waals surface area (Å²) in [5.41, 5.74) is 5.76. The Bertz CT molecular complexity index is 1150. The van der Waals surface area contributed by atoms with Gasteiger partial charge in [-0.05, 0) is 73.0 Å². The molecule has 0 radical (unpaired) electrons. The molecule has 0 fully saturated rings. The normalized spacial score (nSPS) is 11.0. The van der Waals surface area contributed by atoms with Gasteiger partial charge in [-0.1, -0.05) is 30.7 Å². The van der Waals surface area contributed by atoms with E-state index in [0.717, 1.165) is 28.9 Å². The quantitative estimate of drug-likeness (QED) is 0.521. The van der Waals surface area contributed by atoms with Crippen LogP contribution in [-0.4, -0.2) is 20.9 Å². The number of nitrogens with zero attached hydrogens (tertiary/aromatic N) is 3. The molecule has 1 N–H and O–H groups in total. The molecule has 0 spiro atoms. The van der Waals surface area contributed by atoms with E-state index in [-0.39, 0.29) is 5.91 Å². The van der Waals surface area contributed by atoms with E-state index < -0.39 is 0 Å². The highest BCUT2D eigenvalue weighted by Gasteiger charge is 2.12. The Morgan fingerprint density at radius 1 is 1.00 bits per heavy atom. The molecule has 4 rings (SSSR count). The number of benzene rings is 3. The van der Waals surface area contributed by atoms with Crippen LogP contribution >= 0.6 is 11.6 Å². The first-order valence-corrected chi connectivity index (χ1v) is 9.45. The Morgan fingerprint density at radius 3 is 2.29 bits per heavy atom. The predicted octanol–water partition coefficient (Wildman–Crippen LogP) is 5.20. The van der Waals surface area contributed by atoms with Crippen LogP contribution in [0.2, 0.25) is 5.02 Å². The number of carbonyl (C=O) groups excluding carboxylic acids is 1. The molecule has 1 aromatic heterocycles. The number of aryl methyl sites for hydroxylation is 2. The van der Waals surface area contributed by atoms with E-state index in [2.05, 4.69) is 22.4 Å². The molecule has 0 atom stereocenters. The van der Waals surface area contributed by atoms with Gasteiger partial charge in [0.05, 0.1) is 5.69 Å². The van der Waals surface area contributed by atoms with Crippen molar-refractivity contribution in [2.24, 2.45) is 0 Å². The highest BCUT2D eigenvalue weighted by molar-refractivity contribution is 6.30. The summed E-state index contributed by atoms with van der Waals surface area (Å²) in [6.45, 7) is 4.03. The topological polar surface area (TPSA) is 59.8 Å².